The van der Waals surface area contributed by atoms with Crippen LogP contribution in [0.5, 0.6) is 0 Å². The Morgan fingerprint density at radius 3 is 2.41 bits per heavy atom. The first-order chi connectivity index (χ1) is 10.1. The third-order valence-electron chi connectivity index (χ3n) is 2.83. The number of amides is 1. The largest absolute Gasteiger partial charge is 0.465 e. The number of sulfonamides is 1. The molecule has 0 aliphatic carbocycles. The summed E-state index contributed by atoms with van der Waals surface area (Å²) in [6.45, 7) is 0.835. The molecule has 0 heterocycles. The van der Waals surface area contributed by atoms with E-state index < -0.39 is 40.4 Å². The van der Waals surface area contributed by atoms with Crippen molar-refractivity contribution in [1.82, 2.24) is 10.0 Å². The van der Waals surface area contributed by atoms with Crippen molar-refractivity contribution in [3.63, 3.8) is 0 Å². The molecule has 1 rings (SSSR count). The lowest BCUT2D eigenvalue weighted by Gasteiger charge is -2.22. The topological polar surface area (TPSA) is 95.5 Å². The minimum Gasteiger partial charge on any atom is -0.465 e. The summed E-state index contributed by atoms with van der Waals surface area (Å²) < 4.78 is 63.8. The Balaban J connectivity index is 3.15. The molecule has 1 amide bonds. The molecule has 1 unspecified atom stereocenters. The van der Waals surface area contributed by atoms with Gasteiger partial charge in [0.1, 0.15) is 0 Å². The standard InChI is InChI=1S/C12H15F3N2O4S/c1-2-22(20,21)16-7-10(17-11(18)19)8-5-3-4-6-9(8)12(13,14)15/h3-6,10,16-17H,2,7H2,1H3,(H,18,19). The molecule has 0 bridgehead atoms. The van der Waals surface area contributed by atoms with Crippen LogP contribution in [0.3, 0.4) is 0 Å². The van der Waals surface area contributed by atoms with Crippen LogP contribution >= 0.6 is 0 Å². The molecule has 0 spiro atoms. The monoisotopic (exact) mass is 340 g/mol. The number of alkyl halides is 3. The molecule has 0 radical (unpaired) electrons. The first kappa shape index (κ1) is 18.2. The van der Waals surface area contributed by atoms with Crippen molar-refractivity contribution >= 4 is 16.1 Å². The van der Waals surface area contributed by atoms with E-state index in [4.69, 9.17) is 5.11 Å². The smallest absolute Gasteiger partial charge is 0.416 e. The minimum atomic E-state index is -4.68. The van der Waals surface area contributed by atoms with Gasteiger partial charge in [-0.25, -0.2) is 17.9 Å². The van der Waals surface area contributed by atoms with Gasteiger partial charge in [0.25, 0.3) is 0 Å². The second-order valence-electron chi connectivity index (χ2n) is 4.34. The van der Waals surface area contributed by atoms with E-state index in [-0.39, 0.29) is 11.3 Å². The molecule has 0 aromatic heterocycles. The highest BCUT2D eigenvalue weighted by atomic mass is 32.2. The van der Waals surface area contributed by atoms with Crippen LogP contribution in [0.25, 0.3) is 0 Å². The van der Waals surface area contributed by atoms with Crippen LogP contribution in [-0.2, 0) is 16.2 Å². The fraction of sp³-hybridized carbons (Fsp3) is 0.417. The highest BCUT2D eigenvalue weighted by Crippen LogP contribution is 2.34. The number of rotatable bonds is 6. The maximum absolute atomic E-state index is 13.0. The summed E-state index contributed by atoms with van der Waals surface area (Å²) in [6.07, 6.45) is -6.24. The summed E-state index contributed by atoms with van der Waals surface area (Å²) in [5.74, 6) is -0.270. The van der Waals surface area contributed by atoms with E-state index in [1.165, 1.54) is 19.1 Å². The summed E-state index contributed by atoms with van der Waals surface area (Å²) in [6, 6.07) is 3.02. The van der Waals surface area contributed by atoms with E-state index in [0.29, 0.717) is 0 Å². The lowest BCUT2D eigenvalue weighted by atomic mass is 10.00. The predicted octanol–water partition coefficient (Wildman–Crippen LogP) is 1.95. The Hall–Kier alpha value is -1.81. The molecule has 1 aromatic carbocycles. The van der Waals surface area contributed by atoms with Crippen molar-refractivity contribution in [2.75, 3.05) is 12.3 Å². The van der Waals surface area contributed by atoms with Crippen molar-refractivity contribution in [1.29, 1.82) is 0 Å². The van der Waals surface area contributed by atoms with Gasteiger partial charge in [-0.2, -0.15) is 13.2 Å². The Morgan fingerprint density at radius 2 is 1.91 bits per heavy atom. The predicted molar refractivity (Wildman–Crippen MR) is 72.8 cm³/mol. The van der Waals surface area contributed by atoms with Gasteiger partial charge in [-0.3, -0.25) is 0 Å². The molecule has 124 valence electrons. The average Bonchev–Trinajstić information content (AvgIpc) is 2.42. The molecular formula is C12H15F3N2O4S. The molecule has 0 aliphatic rings. The molecule has 0 aliphatic heterocycles. The molecular weight excluding hydrogens is 325 g/mol. The van der Waals surface area contributed by atoms with Gasteiger partial charge in [-0.1, -0.05) is 18.2 Å². The molecule has 22 heavy (non-hydrogen) atoms. The number of benzene rings is 1. The lowest BCUT2D eigenvalue weighted by Crippen LogP contribution is -2.38. The molecule has 10 heteroatoms. The maximum Gasteiger partial charge on any atom is 0.416 e. The van der Waals surface area contributed by atoms with Gasteiger partial charge in [0.05, 0.1) is 17.4 Å². The van der Waals surface area contributed by atoms with Crippen LogP contribution in [0, 0.1) is 0 Å². The van der Waals surface area contributed by atoms with Gasteiger partial charge >= 0.3 is 12.3 Å². The summed E-state index contributed by atoms with van der Waals surface area (Å²) in [4.78, 5) is 10.8. The lowest BCUT2D eigenvalue weighted by molar-refractivity contribution is -0.138. The fourth-order valence-corrected chi connectivity index (χ4v) is 2.38. The van der Waals surface area contributed by atoms with Crippen LogP contribution in [0.15, 0.2) is 24.3 Å². The number of carboxylic acid groups (broad SMARTS) is 1. The Kier molecular flexibility index (Phi) is 5.78. The van der Waals surface area contributed by atoms with Crippen molar-refractivity contribution < 1.29 is 31.5 Å². The molecule has 6 nitrogen and oxygen atoms in total. The van der Waals surface area contributed by atoms with Crippen molar-refractivity contribution in [3.05, 3.63) is 35.4 Å². The maximum atomic E-state index is 13.0. The molecule has 1 atom stereocenters. The van der Waals surface area contributed by atoms with Crippen molar-refractivity contribution in [3.8, 4) is 0 Å². The van der Waals surface area contributed by atoms with Gasteiger partial charge in [0, 0.05) is 6.54 Å². The van der Waals surface area contributed by atoms with E-state index in [0.717, 1.165) is 12.1 Å². The van der Waals surface area contributed by atoms with E-state index >= 15 is 0 Å². The Labute approximate surface area is 125 Å². The van der Waals surface area contributed by atoms with Crippen LogP contribution < -0.4 is 10.0 Å². The minimum absolute atomic E-state index is 0.270. The molecule has 0 saturated heterocycles. The van der Waals surface area contributed by atoms with Gasteiger partial charge in [0.15, 0.2) is 0 Å². The third kappa shape index (κ3) is 5.19. The third-order valence-corrected chi connectivity index (χ3v) is 4.19. The molecule has 1 aromatic rings. The van der Waals surface area contributed by atoms with E-state index in [9.17, 15) is 26.4 Å². The number of nitrogens with one attached hydrogen (secondary N) is 2. The Bertz CT molecular complexity index is 632. The van der Waals surface area contributed by atoms with Gasteiger partial charge in [-0.05, 0) is 18.6 Å². The number of hydrogen-bond acceptors (Lipinski definition) is 3. The number of carbonyl (C=O) groups is 1. The normalized spacial score (nSPS) is 13.6. The van der Waals surface area contributed by atoms with Gasteiger partial charge < -0.3 is 10.4 Å². The number of halogens is 3. The van der Waals surface area contributed by atoms with Crippen molar-refractivity contribution in [2.45, 2.75) is 19.1 Å². The zero-order valence-electron chi connectivity index (χ0n) is 11.5. The van der Waals surface area contributed by atoms with Crippen LogP contribution in [0.2, 0.25) is 0 Å². The van der Waals surface area contributed by atoms with E-state index in [2.05, 4.69) is 4.72 Å². The summed E-state index contributed by atoms with van der Waals surface area (Å²) in [7, 11) is -3.67. The van der Waals surface area contributed by atoms with Crippen LogP contribution in [0.1, 0.15) is 24.1 Å². The zero-order chi connectivity index (χ0) is 17.0. The highest BCUT2D eigenvalue weighted by Gasteiger charge is 2.35. The number of hydrogen-bond donors (Lipinski definition) is 3. The summed E-state index contributed by atoms with van der Waals surface area (Å²) >= 11 is 0. The first-order valence-corrected chi connectivity index (χ1v) is 7.85. The fourth-order valence-electron chi connectivity index (χ4n) is 1.76. The van der Waals surface area contributed by atoms with Crippen molar-refractivity contribution in [2.24, 2.45) is 0 Å². The second-order valence-corrected chi connectivity index (χ2v) is 6.43. The summed E-state index contributed by atoms with van der Waals surface area (Å²) in [5.41, 5.74) is -1.37. The Morgan fingerprint density at radius 1 is 1.32 bits per heavy atom. The second kappa shape index (κ2) is 6.97. The average molecular weight is 340 g/mol. The SMILES string of the molecule is CCS(=O)(=O)NCC(NC(=O)O)c1ccccc1C(F)(F)F. The zero-order valence-corrected chi connectivity index (χ0v) is 12.3. The molecule has 0 fully saturated rings. The first-order valence-electron chi connectivity index (χ1n) is 6.19. The molecule has 3 N–H and O–H groups in total. The van der Waals surface area contributed by atoms with Gasteiger partial charge in [-0.15, -0.1) is 0 Å². The van der Waals surface area contributed by atoms with Crippen LogP contribution in [0.4, 0.5) is 18.0 Å². The van der Waals surface area contributed by atoms with Gasteiger partial charge in [0.2, 0.25) is 10.0 Å². The van der Waals surface area contributed by atoms with E-state index in [1.54, 1.807) is 0 Å². The quantitative estimate of drug-likeness (QED) is 0.738. The van der Waals surface area contributed by atoms with Crippen LogP contribution in [-0.4, -0.2) is 31.9 Å². The molecule has 0 saturated carbocycles. The van der Waals surface area contributed by atoms with E-state index in [1.807, 2.05) is 5.32 Å². The highest BCUT2D eigenvalue weighted by molar-refractivity contribution is 7.89. The summed E-state index contributed by atoms with van der Waals surface area (Å²) in [5, 5.41) is 10.7.